The van der Waals surface area contributed by atoms with Gasteiger partial charge in [0.05, 0.1) is 10.6 Å². The lowest BCUT2D eigenvalue weighted by Gasteiger charge is -2.31. The summed E-state index contributed by atoms with van der Waals surface area (Å²) in [5, 5.41) is 5.50. The molecule has 0 amide bonds. The minimum atomic E-state index is 0.553. The molecule has 0 aromatic carbocycles. The van der Waals surface area contributed by atoms with E-state index in [4.69, 9.17) is 4.42 Å². The molecule has 1 atom stereocenters. The van der Waals surface area contributed by atoms with Gasteiger partial charge in [0.15, 0.2) is 0 Å². The van der Waals surface area contributed by atoms with Crippen LogP contribution >= 0.6 is 11.3 Å². The molecular weight excluding hydrogens is 258 g/mol. The van der Waals surface area contributed by atoms with Gasteiger partial charge in [-0.3, -0.25) is 4.90 Å². The molecule has 1 saturated heterocycles. The molecule has 0 aliphatic carbocycles. The summed E-state index contributed by atoms with van der Waals surface area (Å²) in [5.41, 5.74) is 1.07. The quantitative estimate of drug-likeness (QED) is 0.936. The highest BCUT2D eigenvalue weighted by molar-refractivity contribution is 7.13. The summed E-state index contributed by atoms with van der Waals surface area (Å²) >= 11 is 1.66. The number of aromatic nitrogens is 1. The number of hydrogen-bond acceptors (Lipinski definition) is 5. The molecule has 0 radical (unpaired) electrons. The molecule has 1 N–H and O–H groups in total. The van der Waals surface area contributed by atoms with Gasteiger partial charge in [-0.15, -0.1) is 11.3 Å². The lowest BCUT2D eigenvalue weighted by atomic mass is 10.2. The lowest BCUT2D eigenvalue weighted by Crippen LogP contribution is -2.48. The van der Waals surface area contributed by atoms with Crippen LogP contribution in [0.4, 0.5) is 0 Å². The fourth-order valence-corrected chi connectivity index (χ4v) is 3.10. The smallest absolute Gasteiger partial charge is 0.236 e. The van der Waals surface area contributed by atoms with E-state index in [0.717, 1.165) is 48.4 Å². The van der Waals surface area contributed by atoms with E-state index in [1.807, 2.05) is 24.4 Å². The van der Waals surface area contributed by atoms with Gasteiger partial charge in [0.25, 0.3) is 0 Å². The lowest BCUT2D eigenvalue weighted by molar-refractivity contribution is 0.197. The summed E-state index contributed by atoms with van der Waals surface area (Å²) < 4.78 is 5.78. The highest BCUT2D eigenvalue weighted by atomic mass is 32.1. The third-order valence-electron chi connectivity index (χ3n) is 3.45. The summed E-state index contributed by atoms with van der Waals surface area (Å²) in [5.74, 6) is 1.69. The molecule has 1 aliphatic rings. The number of piperazine rings is 1. The first kappa shape index (κ1) is 12.8. The predicted octanol–water partition coefficient (Wildman–Crippen LogP) is 2.51. The van der Waals surface area contributed by atoms with Gasteiger partial charge in [-0.2, -0.15) is 0 Å². The maximum atomic E-state index is 5.78. The van der Waals surface area contributed by atoms with Crippen molar-refractivity contribution in [2.45, 2.75) is 26.4 Å². The number of nitrogens with zero attached hydrogens (tertiary/aromatic N) is 2. The second-order valence-electron chi connectivity index (χ2n) is 5.09. The van der Waals surface area contributed by atoms with E-state index in [0.29, 0.717) is 6.04 Å². The molecule has 1 fully saturated rings. The second kappa shape index (κ2) is 5.45. The monoisotopic (exact) mass is 277 g/mol. The fourth-order valence-electron chi connectivity index (χ4n) is 2.45. The number of aryl methyl sites for hydroxylation is 1. The van der Waals surface area contributed by atoms with Gasteiger partial charge >= 0.3 is 0 Å². The van der Waals surface area contributed by atoms with Gasteiger partial charge < -0.3 is 9.73 Å². The van der Waals surface area contributed by atoms with Gasteiger partial charge in [-0.25, -0.2) is 4.98 Å². The maximum absolute atomic E-state index is 5.78. The van der Waals surface area contributed by atoms with Crippen molar-refractivity contribution in [1.82, 2.24) is 15.2 Å². The Balaban J connectivity index is 1.74. The van der Waals surface area contributed by atoms with Crippen molar-refractivity contribution in [3.63, 3.8) is 0 Å². The largest absolute Gasteiger partial charge is 0.440 e. The van der Waals surface area contributed by atoms with Crippen molar-refractivity contribution < 1.29 is 4.42 Å². The first-order chi connectivity index (χ1) is 9.22. The topological polar surface area (TPSA) is 41.3 Å². The average Bonchev–Trinajstić information content (AvgIpc) is 3.00. The van der Waals surface area contributed by atoms with Crippen LogP contribution in [0.3, 0.4) is 0 Å². The number of thiophene rings is 1. The maximum Gasteiger partial charge on any atom is 0.236 e. The van der Waals surface area contributed by atoms with Gasteiger partial charge in [0.1, 0.15) is 5.76 Å². The van der Waals surface area contributed by atoms with Crippen LogP contribution in [0.2, 0.25) is 0 Å². The van der Waals surface area contributed by atoms with Gasteiger partial charge in [-0.05, 0) is 25.3 Å². The first-order valence-electron chi connectivity index (χ1n) is 6.68. The van der Waals surface area contributed by atoms with Crippen LogP contribution in [0.25, 0.3) is 10.8 Å². The van der Waals surface area contributed by atoms with Crippen molar-refractivity contribution >= 4 is 11.3 Å². The fraction of sp³-hybridized carbons (Fsp3) is 0.500. The molecule has 1 aliphatic heterocycles. The third-order valence-corrected chi connectivity index (χ3v) is 4.31. The normalized spacial score (nSPS) is 20.8. The molecule has 0 unspecified atom stereocenters. The third kappa shape index (κ3) is 2.88. The molecule has 2 aromatic rings. The van der Waals surface area contributed by atoms with Crippen molar-refractivity contribution in [3.05, 3.63) is 29.0 Å². The van der Waals surface area contributed by atoms with E-state index in [-0.39, 0.29) is 0 Å². The van der Waals surface area contributed by atoms with Crippen molar-refractivity contribution in [2.75, 3.05) is 19.6 Å². The molecule has 0 saturated carbocycles. The highest BCUT2D eigenvalue weighted by Gasteiger charge is 2.19. The molecular formula is C14H19N3OS. The zero-order chi connectivity index (χ0) is 13.2. The second-order valence-corrected chi connectivity index (χ2v) is 6.04. The number of hydrogen-bond donors (Lipinski definition) is 1. The Bertz CT molecular complexity index is 535. The first-order valence-corrected chi connectivity index (χ1v) is 7.56. The minimum Gasteiger partial charge on any atom is -0.440 e. The summed E-state index contributed by atoms with van der Waals surface area (Å²) in [7, 11) is 0. The number of oxazole rings is 1. The molecule has 2 aromatic heterocycles. The van der Waals surface area contributed by atoms with Crippen molar-refractivity contribution in [1.29, 1.82) is 0 Å². The van der Waals surface area contributed by atoms with E-state index < -0.39 is 0 Å². The van der Waals surface area contributed by atoms with E-state index in [1.54, 1.807) is 11.3 Å². The Morgan fingerprint density at radius 1 is 1.58 bits per heavy atom. The van der Waals surface area contributed by atoms with Gasteiger partial charge in [0, 0.05) is 32.2 Å². The van der Waals surface area contributed by atoms with E-state index in [2.05, 4.69) is 22.1 Å². The zero-order valence-electron chi connectivity index (χ0n) is 11.3. The summed E-state index contributed by atoms with van der Waals surface area (Å²) in [6.07, 6.45) is 0. The molecule has 4 nitrogen and oxygen atoms in total. The van der Waals surface area contributed by atoms with Gasteiger partial charge in [0.2, 0.25) is 5.89 Å². The molecule has 3 heterocycles. The zero-order valence-corrected chi connectivity index (χ0v) is 12.2. The number of rotatable bonds is 3. The van der Waals surface area contributed by atoms with Crippen LogP contribution in [0.15, 0.2) is 21.9 Å². The van der Waals surface area contributed by atoms with E-state index in [1.165, 1.54) is 0 Å². The SMILES string of the molecule is Cc1oc(-c2cccs2)nc1CN1CCN[C@@H](C)C1. The van der Waals surface area contributed by atoms with Crippen molar-refractivity contribution in [3.8, 4) is 10.8 Å². The van der Waals surface area contributed by atoms with Crippen LogP contribution in [0, 0.1) is 6.92 Å². The average molecular weight is 277 g/mol. The van der Waals surface area contributed by atoms with E-state index >= 15 is 0 Å². The summed E-state index contributed by atoms with van der Waals surface area (Å²) in [4.78, 5) is 8.19. The molecule has 3 rings (SSSR count). The van der Waals surface area contributed by atoms with Crippen LogP contribution in [-0.4, -0.2) is 35.6 Å². The molecule has 0 spiro atoms. The van der Waals surface area contributed by atoms with Crippen LogP contribution in [0.1, 0.15) is 18.4 Å². The predicted molar refractivity (Wildman–Crippen MR) is 77.3 cm³/mol. The highest BCUT2D eigenvalue weighted by Crippen LogP contribution is 2.26. The van der Waals surface area contributed by atoms with Crippen molar-refractivity contribution in [2.24, 2.45) is 0 Å². The van der Waals surface area contributed by atoms with Crippen LogP contribution < -0.4 is 5.32 Å². The van der Waals surface area contributed by atoms with Crippen LogP contribution in [-0.2, 0) is 6.54 Å². The standard InChI is InChI=1S/C14H19N3OS/c1-10-8-17(6-5-15-10)9-12-11(2)18-14(16-12)13-4-3-7-19-13/h3-4,7,10,15H,5-6,8-9H2,1-2H3/t10-/m0/s1. The Morgan fingerprint density at radius 2 is 2.47 bits per heavy atom. The molecule has 5 heteroatoms. The molecule has 102 valence electrons. The Labute approximate surface area is 117 Å². The Hall–Kier alpha value is -1.17. The van der Waals surface area contributed by atoms with Crippen LogP contribution in [0.5, 0.6) is 0 Å². The number of nitrogens with one attached hydrogen (secondary N) is 1. The molecule has 19 heavy (non-hydrogen) atoms. The Morgan fingerprint density at radius 3 is 3.21 bits per heavy atom. The summed E-state index contributed by atoms with van der Waals surface area (Å²) in [6.45, 7) is 8.30. The molecule has 0 bridgehead atoms. The van der Waals surface area contributed by atoms with E-state index in [9.17, 15) is 0 Å². The summed E-state index contributed by atoms with van der Waals surface area (Å²) in [6, 6.07) is 4.63. The minimum absolute atomic E-state index is 0.553. The Kier molecular flexibility index (Phi) is 3.68. The van der Waals surface area contributed by atoms with Gasteiger partial charge in [-0.1, -0.05) is 6.07 Å².